The third-order valence-corrected chi connectivity index (χ3v) is 10.6. The number of imidazole rings is 1. The molecular formula is C31H44N6O6S. The molecule has 13 heteroatoms. The maximum atomic E-state index is 14.1. The fourth-order valence-corrected chi connectivity index (χ4v) is 7.13. The first-order valence-electron chi connectivity index (χ1n) is 15.6. The first kappa shape index (κ1) is 32.1. The number of nitrogens with zero attached hydrogens (tertiary/aromatic N) is 5. The van der Waals surface area contributed by atoms with Crippen molar-refractivity contribution >= 4 is 38.8 Å². The fraction of sp³-hybridized carbons (Fsp3) is 0.645. The molecule has 1 saturated heterocycles. The van der Waals surface area contributed by atoms with Gasteiger partial charge in [0, 0.05) is 45.1 Å². The Hall–Kier alpha value is -3.32. The van der Waals surface area contributed by atoms with Crippen LogP contribution in [0.25, 0.3) is 11.0 Å². The molecule has 1 aliphatic carbocycles. The molecule has 12 nitrogen and oxygen atoms in total. The number of carbonyl (C=O) groups excluding carboxylic acids is 3. The average Bonchev–Trinajstić information content (AvgIpc) is 3.30. The summed E-state index contributed by atoms with van der Waals surface area (Å²) in [4.78, 5) is 51.9. The highest BCUT2D eigenvalue weighted by atomic mass is 32.2. The molecule has 0 spiro atoms. The van der Waals surface area contributed by atoms with Crippen LogP contribution in [-0.4, -0.2) is 82.5 Å². The fourth-order valence-electron chi connectivity index (χ4n) is 6.51. The van der Waals surface area contributed by atoms with E-state index in [9.17, 15) is 22.8 Å². The van der Waals surface area contributed by atoms with Crippen molar-refractivity contribution in [2.45, 2.75) is 90.3 Å². The molecule has 2 aromatic rings. The molecule has 0 radical (unpaired) electrons. The summed E-state index contributed by atoms with van der Waals surface area (Å²) < 4.78 is 36.6. The average molecular weight is 629 g/mol. The van der Waals surface area contributed by atoms with E-state index in [0.717, 1.165) is 47.4 Å². The lowest BCUT2D eigenvalue weighted by atomic mass is 9.91. The zero-order valence-corrected chi connectivity index (χ0v) is 27.0. The van der Waals surface area contributed by atoms with Crippen LogP contribution in [0.3, 0.4) is 0 Å². The molecule has 5 atom stereocenters. The summed E-state index contributed by atoms with van der Waals surface area (Å²) in [6, 6.07) is 1.46. The molecule has 2 fully saturated rings. The topological polar surface area (TPSA) is 144 Å². The van der Waals surface area contributed by atoms with Crippen molar-refractivity contribution in [3.05, 3.63) is 30.6 Å². The number of amides is 2. The highest BCUT2D eigenvalue weighted by Crippen LogP contribution is 2.57. The molecule has 3 aliphatic rings. The van der Waals surface area contributed by atoms with Gasteiger partial charge in [-0.05, 0) is 51.5 Å². The van der Waals surface area contributed by atoms with Gasteiger partial charge in [0.15, 0.2) is 5.78 Å². The van der Waals surface area contributed by atoms with Crippen LogP contribution in [0.2, 0.25) is 0 Å². The molecule has 1 N–H and O–H groups in total. The second-order valence-electron chi connectivity index (χ2n) is 13.0. The minimum Gasteiger partial charge on any atom is -0.459 e. The molecule has 1 saturated carbocycles. The van der Waals surface area contributed by atoms with E-state index in [1.165, 1.54) is 14.1 Å². The normalized spacial score (nSPS) is 29.2. The lowest BCUT2D eigenvalue weighted by Gasteiger charge is -2.27. The van der Waals surface area contributed by atoms with E-state index in [2.05, 4.69) is 14.7 Å². The number of ether oxygens (including phenoxy) is 1. The highest BCUT2D eigenvalue weighted by molar-refractivity contribution is 7.87. The van der Waals surface area contributed by atoms with Crippen LogP contribution in [0.15, 0.2) is 30.6 Å². The molecule has 0 aromatic carbocycles. The Morgan fingerprint density at radius 3 is 2.70 bits per heavy atom. The second kappa shape index (κ2) is 12.6. The van der Waals surface area contributed by atoms with Gasteiger partial charge in [-0.15, -0.1) is 0 Å². The molecule has 4 heterocycles. The van der Waals surface area contributed by atoms with Crippen molar-refractivity contribution in [1.82, 2.24) is 28.5 Å². The molecule has 2 aliphatic heterocycles. The number of hydrogen-bond donors (Lipinski definition) is 1. The Labute approximate surface area is 259 Å². The zero-order chi connectivity index (χ0) is 31.8. The predicted octanol–water partition coefficient (Wildman–Crippen LogP) is 3.41. The lowest BCUT2D eigenvalue weighted by molar-refractivity contribution is -0.141. The number of ketones is 1. The summed E-state index contributed by atoms with van der Waals surface area (Å²) in [6.45, 7) is 6.17. The number of fused-ring (bicyclic) bond motifs is 3. The van der Waals surface area contributed by atoms with Gasteiger partial charge in [0.25, 0.3) is 6.01 Å². The molecule has 0 unspecified atom stereocenters. The molecular weight excluding hydrogens is 584 g/mol. The van der Waals surface area contributed by atoms with Gasteiger partial charge < -0.3 is 9.64 Å². The summed E-state index contributed by atoms with van der Waals surface area (Å²) in [5.74, 6) is -1.58. The monoisotopic (exact) mass is 628 g/mol. The van der Waals surface area contributed by atoms with Crippen LogP contribution in [0.5, 0.6) is 6.01 Å². The number of rotatable bonds is 6. The van der Waals surface area contributed by atoms with E-state index < -0.39 is 33.7 Å². The maximum absolute atomic E-state index is 14.1. The standard InChI is InChI=1S/C31H44N6O6S/c1-20(2)37-26-18-32-14-13-24(26)33-30(37)43-23-15-25-27(38)17-31(29(40)34-44(41,42)35(4)5)16-22(31)12-10-8-6-7-9-11-21(3)28(39)36(25)19-23/h10,12-14,18,20-23,25H,6-9,11,15-17,19H2,1-5H3,(H,34,40)/b12-10-/t21-,22-,23+,25-,31+/m0/s1. The summed E-state index contributed by atoms with van der Waals surface area (Å²) in [6.07, 6.45) is 11.7. The highest BCUT2D eigenvalue weighted by Gasteiger charge is 2.61. The Bertz CT molecular complexity index is 1550. The molecule has 0 bridgehead atoms. The van der Waals surface area contributed by atoms with Crippen molar-refractivity contribution in [2.24, 2.45) is 17.3 Å². The van der Waals surface area contributed by atoms with E-state index in [1.54, 1.807) is 17.3 Å². The lowest BCUT2D eigenvalue weighted by Crippen LogP contribution is -2.47. The number of Topliss-reactive ketones (excluding diaryl/α,β-unsaturated/α-hetero) is 1. The van der Waals surface area contributed by atoms with Crippen molar-refractivity contribution in [2.75, 3.05) is 20.6 Å². The number of pyridine rings is 1. The summed E-state index contributed by atoms with van der Waals surface area (Å²) in [5, 5.41) is 0. The largest absolute Gasteiger partial charge is 0.459 e. The van der Waals surface area contributed by atoms with Crippen LogP contribution in [-0.2, 0) is 24.6 Å². The van der Waals surface area contributed by atoms with Gasteiger partial charge in [-0.1, -0.05) is 31.9 Å². The maximum Gasteiger partial charge on any atom is 0.303 e. The second-order valence-corrected chi connectivity index (χ2v) is 14.9. The molecule has 5 rings (SSSR count). The number of nitrogens with one attached hydrogen (secondary N) is 1. The van der Waals surface area contributed by atoms with Crippen LogP contribution in [0.4, 0.5) is 0 Å². The molecule has 44 heavy (non-hydrogen) atoms. The Morgan fingerprint density at radius 1 is 1.20 bits per heavy atom. The predicted molar refractivity (Wildman–Crippen MR) is 165 cm³/mol. The zero-order valence-electron chi connectivity index (χ0n) is 26.2. The van der Waals surface area contributed by atoms with Gasteiger partial charge in [-0.25, -0.2) is 4.72 Å². The van der Waals surface area contributed by atoms with E-state index in [0.29, 0.717) is 12.4 Å². The SMILES string of the molecule is CC(C)n1c(O[C@@H]2C[C@H]3C(=O)C[C@]4(C(=O)NS(=O)(=O)N(C)C)C[C@@H]4/C=C\CCCCC[C@H](C)C(=O)N3C2)nc2ccncc21. The van der Waals surface area contributed by atoms with E-state index in [4.69, 9.17) is 4.74 Å². The van der Waals surface area contributed by atoms with Gasteiger partial charge in [-0.3, -0.25) is 23.9 Å². The third-order valence-electron chi connectivity index (χ3n) is 9.24. The van der Waals surface area contributed by atoms with Crippen LogP contribution >= 0.6 is 0 Å². The van der Waals surface area contributed by atoms with E-state index in [-0.39, 0.29) is 49.0 Å². The first-order valence-corrected chi connectivity index (χ1v) is 17.0. The Balaban J connectivity index is 1.44. The van der Waals surface area contributed by atoms with Gasteiger partial charge in [0.05, 0.1) is 35.2 Å². The van der Waals surface area contributed by atoms with Gasteiger partial charge in [0.2, 0.25) is 11.8 Å². The van der Waals surface area contributed by atoms with Crippen LogP contribution in [0.1, 0.15) is 78.2 Å². The minimum atomic E-state index is -4.04. The number of aromatic nitrogens is 3. The summed E-state index contributed by atoms with van der Waals surface area (Å²) >= 11 is 0. The van der Waals surface area contributed by atoms with Crippen molar-refractivity contribution in [1.29, 1.82) is 0 Å². The van der Waals surface area contributed by atoms with E-state index >= 15 is 0 Å². The van der Waals surface area contributed by atoms with E-state index in [1.807, 2.05) is 43.6 Å². The van der Waals surface area contributed by atoms with Crippen molar-refractivity contribution in [3.8, 4) is 6.01 Å². The molecule has 2 aromatic heterocycles. The number of hydrogen-bond acceptors (Lipinski definition) is 8. The van der Waals surface area contributed by atoms with Crippen molar-refractivity contribution < 1.29 is 27.5 Å². The van der Waals surface area contributed by atoms with Gasteiger partial charge >= 0.3 is 10.2 Å². The summed E-state index contributed by atoms with van der Waals surface area (Å²) in [5.41, 5.74) is 0.389. The summed E-state index contributed by atoms with van der Waals surface area (Å²) in [7, 11) is -1.36. The van der Waals surface area contributed by atoms with Crippen molar-refractivity contribution in [3.63, 3.8) is 0 Å². The Kier molecular flexibility index (Phi) is 9.18. The first-order chi connectivity index (χ1) is 20.8. The van der Waals surface area contributed by atoms with Gasteiger partial charge in [-0.2, -0.15) is 17.7 Å². The number of carbonyl (C=O) groups is 3. The number of allylic oxidation sites excluding steroid dienone is 2. The smallest absolute Gasteiger partial charge is 0.303 e. The van der Waals surface area contributed by atoms with Crippen LogP contribution < -0.4 is 9.46 Å². The third kappa shape index (κ3) is 6.39. The quantitative estimate of drug-likeness (QED) is 0.480. The molecule has 2 amide bonds. The van der Waals surface area contributed by atoms with Gasteiger partial charge in [0.1, 0.15) is 6.10 Å². The Morgan fingerprint density at radius 2 is 1.98 bits per heavy atom. The minimum absolute atomic E-state index is 0.0334. The van der Waals surface area contributed by atoms with Crippen LogP contribution in [0, 0.1) is 17.3 Å². The molecule has 240 valence electrons.